The highest BCUT2D eigenvalue weighted by molar-refractivity contribution is 6.01. The zero-order chi connectivity index (χ0) is 23.6. The molecule has 0 heterocycles. The summed E-state index contributed by atoms with van der Waals surface area (Å²) < 4.78 is 0. The zero-order valence-corrected chi connectivity index (χ0v) is 20.8. The van der Waals surface area contributed by atoms with Gasteiger partial charge in [0.15, 0.2) is 5.78 Å². The second-order valence-electron chi connectivity index (χ2n) is 10.4. The van der Waals surface area contributed by atoms with E-state index in [1.165, 1.54) is 0 Å². The number of hydrogen-bond donors (Lipinski definition) is 2. The second kappa shape index (κ2) is 13.0. The van der Waals surface area contributed by atoms with Gasteiger partial charge in [-0.1, -0.05) is 55.4 Å². The quantitative estimate of drug-likeness (QED) is 0.133. The molecule has 30 heavy (non-hydrogen) atoms. The molecule has 0 atom stereocenters. The molecule has 0 aromatic rings. The maximum absolute atomic E-state index is 13.1. The zero-order valence-electron chi connectivity index (χ0n) is 20.8. The molecule has 0 amide bonds. The van der Waals surface area contributed by atoms with E-state index in [2.05, 4.69) is 41.5 Å². The van der Waals surface area contributed by atoms with Crippen LogP contribution in [0.2, 0.25) is 0 Å². The highest BCUT2D eigenvalue weighted by Gasteiger charge is 2.39. The smallest absolute Gasteiger partial charge is 0.172 e. The van der Waals surface area contributed by atoms with E-state index >= 15 is 0 Å². The lowest BCUT2D eigenvalue weighted by atomic mass is 9.73. The van der Waals surface area contributed by atoms with Crippen molar-refractivity contribution in [2.24, 2.45) is 29.1 Å². The van der Waals surface area contributed by atoms with Crippen molar-refractivity contribution in [2.75, 3.05) is 0 Å². The Morgan fingerprint density at radius 1 is 0.833 bits per heavy atom. The van der Waals surface area contributed by atoms with Crippen LogP contribution in [0.1, 0.15) is 101 Å². The fraction of sp³-hybridized carbons (Fsp3) is 0.769. The lowest BCUT2D eigenvalue weighted by Crippen LogP contribution is -2.31. The third kappa shape index (κ3) is 8.65. The van der Waals surface area contributed by atoms with E-state index in [1.807, 2.05) is 0 Å². The number of ketones is 1. The van der Waals surface area contributed by atoms with Crippen molar-refractivity contribution in [1.82, 2.24) is 0 Å². The molecule has 0 saturated heterocycles. The summed E-state index contributed by atoms with van der Waals surface area (Å²) in [5.41, 5.74) is -0.543. The van der Waals surface area contributed by atoms with Crippen LogP contribution in [0.15, 0.2) is 22.7 Å². The van der Waals surface area contributed by atoms with Crippen molar-refractivity contribution in [3.05, 3.63) is 22.7 Å². The Hall–Kier alpha value is -1.58. The van der Waals surface area contributed by atoms with Crippen molar-refractivity contribution in [1.29, 1.82) is 0 Å². The highest BCUT2D eigenvalue weighted by atomic mass is 16.3. The van der Waals surface area contributed by atoms with E-state index in [0.717, 1.165) is 25.5 Å². The van der Waals surface area contributed by atoms with Crippen LogP contribution in [-0.4, -0.2) is 22.3 Å². The van der Waals surface area contributed by atoms with Crippen LogP contribution < -0.4 is 0 Å². The lowest BCUT2D eigenvalue weighted by molar-refractivity contribution is -0.119. The predicted molar refractivity (Wildman–Crippen MR) is 126 cm³/mol. The van der Waals surface area contributed by atoms with Gasteiger partial charge < -0.3 is 15.0 Å². The Bertz CT molecular complexity index is 609. The highest BCUT2D eigenvalue weighted by Crippen LogP contribution is 2.40. The van der Waals surface area contributed by atoms with Gasteiger partial charge in [-0.15, -0.1) is 0 Å². The molecular weight excluding hydrogens is 376 g/mol. The van der Waals surface area contributed by atoms with E-state index in [9.17, 15) is 19.8 Å². The largest absolute Gasteiger partial charge is 0.510 e. The normalized spacial score (nSPS) is 14.4. The standard InChI is InChI=1S/C26H46O4/c1-17(2)10-11-21(9)24(29)22(23(28)20(7)8)25(30)26(16-27,14-12-18(3)4)15-13-19(5)6/h16-20,29-30H,10-15H2,1-9H3/b24-21-,25-22+. The number of allylic oxidation sites excluding steroid dienone is 3. The maximum atomic E-state index is 13.1. The van der Waals surface area contributed by atoms with Gasteiger partial charge in [-0.2, -0.15) is 0 Å². The van der Waals surface area contributed by atoms with Gasteiger partial charge in [-0.25, -0.2) is 0 Å². The van der Waals surface area contributed by atoms with E-state index in [-0.39, 0.29) is 22.9 Å². The van der Waals surface area contributed by atoms with Gasteiger partial charge in [0.1, 0.15) is 17.8 Å². The summed E-state index contributed by atoms with van der Waals surface area (Å²) in [7, 11) is 0. The van der Waals surface area contributed by atoms with Crippen LogP contribution in [0.25, 0.3) is 0 Å². The van der Waals surface area contributed by atoms with E-state index in [4.69, 9.17) is 0 Å². The number of aldehydes is 1. The summed E-state index contributed by atoms with van der Waals surface area (Å²) in [6, 6.07) is 0. The number of hydrogen-bond acceptors (Lipinski definition) is 4. The Labute approximate surface area is 184 Å². The first kappa shape index (κ1) is 28.4. The molecule has 0 aromatic heterocycles. The van der Waals surface area contributed by atoms with Crippen LogP contribution in [0.3, 0.4) is 0 Å². The summed E-state index contributed by atoms with van der Waals surface area (Å²) >= 11 is 0. The fourth-order valence-electron chi connectivity index (χ4n) is 3.35. The van der Waals surface area contributed by atoms with Gasteiger partial charge >= 0.3 is 0 Å². The summed E-state index contributed by atoms with van der Waals surface area (Å²) in [4.78, 5) is 25.5. The molecule has 0 rings (SSSR count). The van der Waals surface area contributed by atoms with Crippen LogP contribution in [-0.2, 0) is 9.59 Å². The van der Waals surface area contributed by atoms with Crippen LogP contribution in [0.5, 0.6) is 0 Å². The minimum absolute atomic E-state index is 0.0640. The number of aliphatic hydroxyl groups excluding tert-OH is 2. The number of carbonyl (C=O) groups excluding carboxylic acids is 2. The summed E-state index contributed by atoms with van der Waals surface area (Å²) in [5, 5.41) is 22.4. The number of carbonyl (C=O) groups is 2. The summed E-state index contributed by atoms with van der Waals surface area (Å²) in [6.07, 6.45) is 4.73. The average Bonchev–Trinajstić information content (AvgIpc) is 2.65. The molecule has 0 spiro atoms. The Kier molecular flexibility index (Phi) is 12.3. The van der Waals surface area contributed by atoms with Crippen LogP contribution in [0, 0.1) is 29.1 Å². The Balaban J connectivity index is 6.62. The van der Waals surface area contributed by atoms with Crippen molar-refractivity contribution in [2.45, 2.75) is 101 Å². The average molecular weight is 423 g/mol. The molecule has 0 aromatic carbocycles. The third-order valence-corrected chi connectivity index (χ3v) is 5.78. The van der Waals surface area contributed by atoms with Crippen LogP contribution in [0.4, 0.5) is 0 Å². The molecule has 0 radical (unpaired) electrons. The minimum Gasteiger partial charge on any atom is -0.510 e. The molecule has 174 valence electrons. The predicted octanol–water partition coefficient (Wildman–Crippen LogP) is 7.35. The molecule has 0 bridgehead atoms. The topological polar surface area (TPSA) is 74.6 Å². The fourth-order valence-corrected chi connectivity index (χ4v) is 3.35. The number of aliphatic hydroxyl groups is 2. The molecule has 0 aliphatic rings. The summed E-state index contributed by atoms with van der Waals surface area (Å²) in [5.74, 6) is 0.0393. The van der Waals surface area contributed by atoms with E-state index in [0.29, 0.717) is 42.6 Å². The molecular formula is C26H46O4. The van der Waals surface area contributed by atoms with Gasteiger partial charge in [-0.3, -0.25) is 4.79 Å². The lowest BCUT2D eigenvalue weighted by Gasteiger charge is -2.31. The summed E-state index contributed by atoms with van der Waals surface area (Å²) in [6.45, 7) is 17.8. The molecule has 4 nitrogen and oxygen atoms in total. The molecule has 0 unspecified atom stereocenters. The van der Waals surface area contributed by atoms with Gasteiger partial charge in [0.25, 0.3) is 0 Å². The van der Waals surface area contributed by atoms with Gasteiger partial charge in [0.2, 0.25) is 0 Å². The van der Waals surface area contributed by atoms with Crippen LogP contribution >= 0.6 is 0 Å². The molecule has 2 N–H and O–H groups in total. The monoisotopic (exact) mass is 422 g/mol. The number of Topliss-reactive ketones (excluding diaryl/α,β-unsaturated/α-hetero) is 1. The first-order valence-corrected chi connectivity index (χ1v) is 11.6. The first-order valence-electron chi connectivity index (χ1n) is 11.6. The minimum atomic E-state index is -1.15. The van der Waals surface area contributed by atoms with Crippen molar-refractivity contribution in [3.63, 3.8) is 0 Å². The SMILES string of the molecule is C/C(CCC(C)C)=C(O)\C(C(=O)C(C)C)=C(\O)C(C=O)(CCC(C)C)CCC(C)C. The Morgan fingerprint density at radius 2 is 1.27 bits per heavy atom. The van der Waals surface area contributed by atoms with Crippen molar-refractivity contribution < 1.29 is 19.8 Å². The maximum Gasteiger partial charge on any atom is 0.172 e. The third-order valence-electron chi connectivity index (χ3n) is 5.78. The first-order chi connectivity index (χ1) is 13.8. The molecule has 0 aliphatic heterocycles. The molecule has 0 saturated carbocycles. The molecule has 4 heteroatoms. The van der Waals surface area contributed by atoms with Crippen molar-refractivity contribution in [3.8, 4) is 0 Å². The van der Waals surface area contributed by atoms with Crippen molar-refractivity contribution >= 4 is 12.1 Å². The molecule has 0 aliphatic carbocycles. The Morgan fingerprint density at radius 3 is 1.60 bits per heavy atom. The van der Waals surface area contributed by atoms with Gasteiger partial charge in [-0.05, 0) is 68.8 Å². The van der Waals surface area contributed by atoms with E-state index < -0.39 is 11.3 Å². The van der Waals surface area contributed by atoms with E-state index in [1.54, 1.807) is 20.8 Å². The van der Waals surface area contributed by atoms with Gasteiger partial charge in [0.05, 0.1) is 11.0 Å². The number of rotatable bonds is 14. The molecule has 0 fully saturated rings. The van der Waals surface area contributed by atoms with Gasteiger partial charge in [0, 0.05) is 5.92 Å². The second-order valence-corrected chi connectivity index (χ2v) is 10.4.